The second kappa shape index (κ2) is 6.13. The third-order valence-electron chi connectivity index (χ3n) is 3.74. The Morgan fingerprint density at radius 2 is 1.75 bits per heavy atom. The molecule has 0 radical (unpaired) electrons. The number of sulfone groups is 1. The molecule has 0 N–H and O–H groups in total. The maximum absolute atomic E-state index is 14.0. The van der Waals surface area contributed by atoms with Crippen molar-refractivity contribution in [2.75, 3.05) is 13.4 Å². The minimum atomic E-state index is -3.24. The van der Waals surface area contributed by atoms with Crippen molar-refractivity contribution in [3.63, 3.8) is 0 Å². The number of nitrogens with zero attached hydrogens (tertiary/aromatic N) is 1. The molecule has 0 atom stereocenters. The Balaban J connectivity index is 2.03. The van der Waals surface area contributed by atoms with Crippen LogP contribution in [0.15, 0.2) is 65.7 Å². The van der Waals surface area contributed by atoms with E-state index in [1.165, 1.54) is 19.4 Å². The van der Waals surface area contributed by atoms with Gasteiger partial charge in [0.2, 0.25) is 0 Å². The van der Waals surface area contributed by atoms with Gasteiger partial charge in [-0.05, 0) is 54.6 Å². The Kier molecular flexibility index (Phi) is 4.15. The molecule has 4 nitrogen and oxygen atoms in total. The summed E-state index contributed by atoms with van der Waals surface area (Å²) in [5.74, 6) is -0.246. The highest BCUT2D eigenvalue weighted by molar-refractivity contribution is 7.90. The molecule has 0 unspecified atom stereocenters. The SMILES string of the molecule is COc1ccc(-c2cccn2-c2ccc(S(C)(=O)=O)cc2)cc1F. The van der Waals surface area contributed by atoms with E-state index < -0.39 is 15.7 Å². The summed E-state index contributed by atoms with van der Waals surface area (Å²) in [6.07, 6.45) is 3.01. The first-order chi connectivity index (χ1) is 11.4. The normalized spacial score (nSPS) is 11.5. The van der Waals surface area contributed by atoms with Gasteiger partial charge in [0.1, 0.15) is 0 Å². The Hall–Kier alpha value is -2.60. The van der Waals surface area contributed by atoms with Crippen LogP contribution in [-0.2, 0) is 9.84 Å². The molecular formula is C18H16FNO3S. The van der Waals surface area contributed by atoms with Crippen LogP contribution in [0, 0.1) is 5.82 Å². The second-order valence-corrected chi connectivity index (χ2v) is 7.39. The summed E-state index contributed by atoms with van der Waals surface area (Å²) < 4.78 is 43.9. The Bertz CT molecular complexity index is 976. The summed E-state index contributed by atoms with van der Waals surface area (Å²) >= 11 is 0. The monoisotopic (exact) mass is 345 g/mol. The zero-order valence-electron chi connectivity index (χ0n) is 13.2. The van der Waals surface area contributed by atoms with Gasteiger partial charge in [-0.3, -0.25) is 0 Å². The number of hydrogen-bond donors (Lipinski definition) is 0. The van der Waals surface area contributed by atoms with Crippen molar-refractivity contribution in [2.45, 2.75) is 4.90 Å². The first kappa shape index (κ1) is 16.3. The summed E-state index contributed by atoms with van der Waals surface area (Å²) in [6, 6.07) is 15.0. The number of benzene rings is 2. The van der Waals surface area contributed by atoms with Gasteiger partial charge in [0.25, 0.3) is 0 Å². The molecule has 0 aliphatic rings. The molecule has 2 aromatic carbocycles. The third kappa shape index (κ3) is 3.05. The third-order valence-corrected chi connectivity index (χ3v) is 4.87. The standard InChI is InChI=1S/C18H16FNO3S/c1-23-18-10-5-13(12-16(18)19)17-4-3-11-20(17)14-6-8-15(9-7-14)24(2,21)22/h3-12H,1-2H3. The number of hydrogen-bond acceptors (Lipinski definition) is 3. The topological polar surface area (TPSA) is 48.3 Å². The first-order valence-corrected chi connectivity index (χ1v) is 9.11. The highest BCUT2D eigenvalue weighted by Crippen LogP contribution is 2.28. The molecule has 0 aliphatic carbocycles. The Morgan fingerprint density at radius 1 is 1.04 bits per heavy atom. The van der Waals surface area contributed by atoms with E-state index >= 15 is 0 Å². The van der Waals surface area contributed by atoms with Crippen LogP contribution in [0.5, 0.6) is 5.75 Å². The zero-order valence-corrected chi connectivity index (χ0v) is 14.0. The summed E-state index contributed by atoms with van der Waals surface area (Å²) in [6.45, 7) is 0. The van der Waals surface area contributed by atoms with Crippen molar-refractivity contribution in [1.82, 2.24) is 4.57 Å². The van der Waals surface area contributed by atoms with Crippen molar-refractivity contribution in [2.24, 2.45) is 0 Å². The molecule has 0 saturated heterocycles. The summed E-state index contributed by atoms with van der Waals surface area (Å²) in [5.41, 5.74) is 2.28. The quantitative estimate of drug-likeness (QED) is 0.724. The number of methoxy groups -OCH3 is 1. The lowest BCUT2D eigenvalue weighted by Gasteiger charge is -2.11. The van der Waals surface area contributed by atoms with Gasteiger partial charge < -0.3 is 9.30 Å². The van der Waals surface area contributed by atoms with E-state index in [0.717, 1.165) is 11.4 Å². The smallest absolute Gasteiger partial charge is 0.175 e. The van der Waals surface area contributed by atoms with Gasteiger partial charge in [-0.1, -0.05) is 0 Å². The number of halogens is 1. The highest BCUT2D eigenvalue weighted by Gasteiger charge is 2.11. The minimum Gasteiger partial charge on any atom is -0.494 e. The van der Waals surface area contributed by atoms with Crippen LogP contribution >= 0.6 is 0 Å². The van der Waals surface area contributed by atoms with Gasteiger partial charge >= 0.3 is 0 Å². The van der Waals surface area contributed by atoms with Crippen LogP contribution in [0.25, 0.3) is 16.9 Å². The van der Waals surface area contributed by atoms with Crippen LogP contribution in [0.4, 0.5) is 4.39 Å². The number of ether oxygens (including phenoxy) is 1. The fraction of sp³-hybridized carbons (Fsp3) is 0.111. The highest BCUT2D eigenvalue weighted by atomic mass is 32.2. The largest absolute Gasteiger partial charge is 0.494 e. The van der Waals surface area contributed by atoms with Crippen molar-refractivity contribution >= 4 is 9.84 Å². The van der Waals surface area contributed by atoms with Crippen LogP contribution in [-0.4, -0.2) is 26.4 Å². The molecule has 0 aliphatic heterocycles. The van der Waals surface area contributed by atoms with Crippen LogP contribution in [0.1, 0.15) is 0 Å². The van der Waals surface area contributed by atoms with Crippen LogP contribution < -0.4 is 4.74 Å². The molecule has 0 spiro atoms. The molecule has 1 heterocycles. The van der Waals surface area contributed by atoms with E-state index in [9.17, 15) is 12.8 Å². The lowest BCUT2D eigenvalue weighted by atomic mass is 10.1. The fourth-order valence-electron chi connectivity index (χ4n) is 2.52. The van der Waals surface area contributed by atoms with Crippen molar-refractivity contribution < 1.29 is 17.5 Å². The van der Waals surface area contributed by atoms with Crippen LogP contribution in [0.3, 0.4) is 0 Å². The van der Waals surface area contributed by atoms with Gasteiger partial charge in [-0.25, -0.2) is 12.8 Å². The van der Waals surface area contributed by atoms with E-state index in [0.29, 0.717) is 5.56 Å². The molecule has 0 amide bonds. The molecule has 0 bridgehead atoms. The molecule has 1 aromatic heterocycles. The van der Waals surface area contributed by atoms with Crippen molar-refractivity contribution in [3.05, 3.63) is 66.6 Å². The average Bonchev–Trinajstić information content (AvgIpc) is 3.03. The number of rotatable bonds is 4. The van der Waals surface area contributed by atoms with Crippen LogP contribution in [0.2, 0.25) is 0 Å². The average molecular weight is 345 g/mol. The van der Waals surface area contributed by atoms with E-state index in [-0.39, 0.29) is 10.6 Å². The maximum Gasteiger partial charge on any atom is 0.175 e. The minimum absolute atomic E-state index is 0.189. The molecule has 6 heteroatoms. The van der Waals surface area contributed by atoms with Crippen molar-refractivity contribution in [1.29, 1.82) is 0 Å². The predicted molar refractivity (Wildman–Crippen MR) is 90.8 cm³/mol. The summed E-state index contributed by atoms with van der Waals surface area (Å²) in [5, 5.41) is 0. The first-order valence-electron chi connectivity index (χ1n) is 7.22. The Labute approximate surface area is 140 Å². The van der Waals surface area contributed by atoms with E-state index in [1.807, 2.05) is 22.9 Å². The summed E-state index contributed by atoms with van der Waals surface area (Å²) in [4.78, 5) is 0.260. The molecular weight excluding hydrogens is 329 g/mol. The number of aromatic nitrogens is 1. The van der Waals surface area contributed by atoms with E-state index in [1.54, 1.807) is 36.4 Å². The molecule has 24 heavy (non-hydrogen) atoms. The molecule has 3 aromatic rings. The van der Waals surface area contributed by atoms with Gasteiger partial charge in [-0.15, -0.1) is 0 Å². The second-order valence-electron chi connectivity index (χ2n) is 5.38. The van der Waals surface area contributed by atoms with Crippen molar-refractivity contribution in [3.8, 4) is 22.7 Å². The lowest BCUT2D eigenvalue weighted by molar-refractivity contribution is 0.386. The predicted octanol–water partition coefficient (Wildman–Crippen LogP) is 3.70. The molecule has 0 fully saturated rings. The fourth-order valence-corrected chi connectivity index (χ4v) is 3.15. The Morgan fingerprint density at radius 3 is 2.33 bits per heavy atom. The summed E-state index contributed by atoms with van der Waals surface area (Å²) in [7, 11) is -1.82. The van der Waals surface area contributed by atoms with E-state index in [2.05, 4.69) is 0 Å². The molecule has 0 saturated carbocycles. The zero-order chi connectivity index (χ0) is 17.3. The van der Waals surface area contributed by atoms with Gasteiger partial charge in [0.15, 0.2) is 21.4 Å². The van der Waals surface area contributed by atoms with Gasteiger partial charge in [-0.2, -0.15) is 0 Å². The van der Waals surface area contributed by atoms with Gasteiger partial charge in [0.05, 0.1) is 17.7 Å². The van der Waals surface area contributed by atoms with Gasteiger partial charge in [0, 0.05) is 23.7 Å². The lowest BCUT2D eigenvalue weighted by Crippen LogP contribution is -1.99. The molecule has 124 valence electrons. The van der Waals surface area contributed by atoms with E-state index in [4.69, 9.17) is 4.74 Å². The maximum atomic E-state index is 14.0. The molecule has 3 rings (SSSR count).